The Morgan fingerprint density at radius 1 is 1.50 bits per heavy atom. The third kappa shape index (κ3) is 2.59. The van der Waals surface area contributed by atoms with Crippen molar-refractivity contribution in [2.24, 2.45) is 0 Å². The number of H-pyrrole nitrogens is 1. The first-order chi connectivity index (χ1) is 7.75. The fourth-order valence-corrected chi connectivity index (χ4v) is 1.71. The quantitative estimate of drug-likeness (QED) is 0.742. The minimum Gasteiger partial charge on any atom is -0.361 e. The molecule has 1 saturated heterocycles. The normalized spacial score (nSPS) is 15.1. The van der Waals surface area contributed by atoms with Crippen molar-refractivity contribution in [2.75, 3.05) is 25.0 Å². The van der Waals surface area contributed by atoms with Gasteiger partial charge in [-0.15, -0.1) is 0 Å². The number of amides is 1. The molecule has 86 valence electrons. The summed E-state index contributed by atoms with van der Waals surface area (Å²) < 4.78 is 0. The van der Waals surface area contributed by atoms with E-state index in [1.165, 1.54) is 12.4 Å². The van der Waals surface area contributed by atoms with E-state index in [1.807, 2.05) is 4.90 Å². The number of carbonyl (C=O) groups is 1. The number of hydrogen-bond donors (Lipinski definition) is 2. The van der Waals surface area contributed by atoms with E-state index in [1.54, 1.807) is 0 Å². The molecule has 0 bridgehead atoms. The van der Waals surface area contributed by atoms with Crippen molar-refractivity contribution in [1.29, 1.82) is 0 Å². The Hall–Kier alpha value is -1.85. The van der Waals surface area contributed by atoms with E-state index in [0.29, 0.717) is 5.82 Å². The first kappa shape index (κ1) is 10.7. The highest BCUT2D eigenvalue weighted by atomic mass is 16.2. The Labute approximate surface area is 92.7 Å². The predicted molar refractivity (Wildman–Crippen MR) is 59.2 cm³/mol. The smallest absolute Gasteiger partial charge is 0.252 e. The van der Waals surface area contributed by atoms with E-state index in [2.05, 4.69) is 15.3 Å². The summed E-state index contributed by atoms with van der Waals surface area (Å²) in [6.07, 6.45) is 3.47. The minimum atomic E-state index is -0.230. The van der Waals surface area contributed by atoms with Crippen molar-refractivity contribution in [1.82, 2.24) is 14.9 Å². The van der Waals surface area contributed by atoms with Gasteiger partial charge in [-0.2, -0.15) is 0 Å². The summed E-state index contributed by atoms with van der Waals surface area (Å²) in [4.78, 5) is 30.7. The molecule has 6 nitrogen and oxygen atoms in total. The molecule has 1 aromatic rings. The summed E-state index contributed by atoms with van der Waals surface area (Å²) in [6.45, 7) is 1.86. The molecule has 0 unspecified atom stereocenters. The lowest BCUT2D eigenvalue weighted by Gasteiger charge is -2.15. The number of nitrogens with zero attached hydrogens (tertiary/aromatic N) is 2. The number of anilines is 1. The highest BCUT2D eigenvalue weighted by Crippen LogP contribution is 2.07. The molecule has 6 heteroatoms. The van der Waals surface area contributed by atoms with Gasteiger partial charge < -0.3 is 15.2 Å². The number of rotatable bonds is 3. The van der Waals surface area contributed by atoms with Gasteiger partial charge in [-0.1, -0.05) is 0 Å². The Morgan fingerprint density at radius 2 is 2.25 bits per heavy atom. The van der Waals surface area contributed by atoms with Crippen molar-refractivity contribution in [3.63, 3.8) is 0 Å². The molecule has 0 spiro atoms. The van der Waals surface area contributed by atoms with Crippen molar-refractivity contribution in [3.05, 3.63) is 22.7 Å². The average Bonchev–Trinajstić information content (AvgIpc) is 2.79. The van der Waals surface area contributed by atoms with Crippen LogP contribution in [0.5, 0.6) is 0 Å². The fraction of sp³-hybridized carbons (Fsp3) is 0.500. The molecule has 1 fully saturated rings. The van der Waals surface area contributed by atoms with E-state index in [0.717, 1.165) is 25.9 Å². The molecule has 1 amide bonds. The largest absolute Gasteiger partial charge is 0.361 e. The van der Waals surface area contributed by atoms with Crippen LogP contribution in [0, 0.1) is 0 Å². The summed E-state index contributed by atoms with van der Waals surface area (Å²) in [5.41, 5.74) is -0.230. The van der Waals surface area contributed by atoms with Crippen molar-refractivity contribution < 1.29 is 4.79 Å². The first-order valence-electron chi connectivity index (χ1n) is 5.32. The van der Waals surface area contributed by atoms with Gasteiger partial charge in [0.1, 0.15) is 5.82 Å². The molecule has 2 heterocycles. The Balaban J connectivity index is 1.87. The molecule has 0 atom stereocenters. The average molecular weight is 222 g/mol. The van der Waals surface area contributed by atoms with E-state index < -0.39 is 0 Å². The number of nitrogens with one attached hydrogen (secondary N) is 2. The molecule has 2 rings (SSSR count). The maximum Gasteiger partial charge on any atom is 0.252 e. The summed E-state index contributed by atoms with van der Waals surface area (Å²) >= 11 is 0. The number of likely N-dealkylation sites (tertiary alicyclic amines) is 1. The number of hydrogen-bond acceptors (Lipinski definition) is 4. The van der Waals surface area contributed by atoms with E-state index >= 15 is 0 Å². The molecule has 1 aliphatic heterocycles. The van der Waals surface area contributed by atoms with Gasteiger partial charge in [0, 0.05) is 19.2 Å². The van der Waals surface area contributed by atoms with E-state index in [4.69, 9.17) is 0 Å². The molecule has 0 radical (unpaired) electrons. The highest BCUT2D eigenvalue weighted by molar-refractivity contribution is 5.80. The summed E-state index contributed by atoms with van der Waals surface area (Å²) in [7, 11) is 0. The standard InChI is InChI=1S/C10H14N4O2/c15-9-5-8(12-7-13-9)11-6-10(16)14-3-1-2-4-14/h5,7H,1-4,6H2,(H2,11,12,13,15). The van der Waals surface area contributed by atoms with Gasteiger partial charge in [0.05, 0.1) is 12.9 Å². The summed E-state index contributed by atoms with van der Waals surface area (Å²) in [6, 6.07) is 1.33. The Kier molecular flexibility index (Phi) is 3.19. The van der Waals surface area contributed by atoms with Crippen LogP contribution in [-0.4, -0.2) is 40.4 Å². The van der Waals surface area contributed by atoms with Crippen LogP contribution >= 0.6 is 0 Å². The first-order valence-corrected chi connectivity index (χ1v) is 5.32. The zero-order valence-electron chi connectivity index (χ0n) is 8.90. The van der Waals surface area contributed by atoms with Crippen molar-refractivity contribution >= 4 is 11.7 Å². The maximum absolute atomic E-state index is 11.7. The van der Waals surface area contributed by atoms with Crippen LogP contribution < -0.4 is 10.9 Å². The van der Waals surface area contributed by atoms with Crippen LogP contribution in [-0.2, 0) is 4.79 Å². The van der Waals surface area contributed by atoms with E-state index in [-0.39, 0.29) is 18.0 Å². The van der Waals surface area contributed by atoms with Crippen molar-refractivity contribution in [2.45, 2.75) is 12.8 Å². The second kappa shape index (κ2) is 4.78. The zero-order valence-corrected chi connectivity index (χ0v) is 8.90. The van der Waals surface area contributed by atoms with Crippen LogP contribution in [0.15, 0.2) is 17.2 Å². The van der Waals surface area contributed by atoms with Gasteiger partial charge in [0.2, 0.25) is 5.91 Å². The molecule has 0 aromatic carbocycles. The zero-order chi connectivity index (χ0) is 11.4. The monoisotopic (exact) mass is 222 g/mol. The van der Waals surface area contributed by atoms with E-state index in [9.17, 15) is 9.59 Å². The number of carbonyl (C=O) groups excluding carboxylic acids is 1. The highest BCUT2D eigenvalue weighted by Gasteiger charge is 2.17. The Morgan fingerprint density at radius 3 is 2.94 bits per heavy atom. The number of aromatic amines is 1. The van der Waals surface area contributed by atoms with Crippen LogP contribution in [0.4, 0.5) is 5.82 Å². The molecule has 2 N–H and O–H groups in total. The minimum absolute atomic E-state index is 0.0552. The van der Waals surface area contributed by atoms with Gasteiger partial charge in [0.25, 0.3) is 5.56 Å². The van der Waals surface area contributed by atoms with Gasteiger partial charge in [-0.25, -0.2) is 4.98 Å². The third-order valence-electron chi connectivity index (χ3n) is 2.56. The Bertz CT molecular complexity index is 423. The number of aromatic nitrogens is 2. The second-order valence-corrected chi connectivity index (χ2v) is 3.74. The molecule has 1 aliphatic rings. The van der Waals surface area contributed by atoms with Crippen molar-refractivity contribution in [3.8, 4) is 0 Å². The van der Waals surface area contributed by atoms with Crippen LogP contribution in [0.3, 0.4) is 0 Å². The van der Waals surface area contributed by atoms with Gasteiger partial charge >= 0.3 is 0 Å². The lowest BCUT2D eigenvalue weighted by molar-refractivity contribution is -0.128. The summed E-state index contributed by atoms with van der Waals surface area (Å²) in [5, 5.41) is 2.84. The molecule has 16 heavy (non-hydrogen) atoms. The topological polar surface area (TPSA) is 78.1 Å². The molecular weight excluding hydrogens is 208 g/mol. The molecule has 0 aliphatic carbocycles. The molecular formula is C10H14N4O2. The summed E-state index contributed by atoms with van der Waals surface area (Å²) in [5.74, 6) is 0.482. The molecule has 1 aromatic heterocycles. The molecule has 0 saturated carbocycles. The lowest BCUT2D eigenvalue weighted by atomic mass is 10.4. The lowest BCUT2D eigenvalue weighted by Crippen LogP contribution is -2.33. The van der Waals surface area contributed by atoms with Gasteiger partial charge in [-0.3, -0.25) is 9.59 Å². The van der Waals surface area contributed by atoms with Gasteiger partial charge in [-0.05, 0) is 12.8 Å². The van der Waals surface area contributed by atoms with Crippen LogP contribution in [0.25, 0.3) is 0 Å². The third-order valence-corrected chi connectivity index (χ3v) is 2.56. The van der Waals surface area contributed by atoms with Crippen LogP contribution in [0.2, 0.25) is 0 Å². The predicted octanol–water partition coefficient (Wildman–Crippen LogP) is -0.196. The second-order valence-electron chi connectivity index (χ2n) is 3.74. The van der Waals surface area contributed by atoms with Gasteiger partial charge in [0.15, 0.2) is 0 Å². The maximum atomic E-state index is 11.7. The fourth-order valence-electron chi connectivity index (χ4n) is 1.71. The van der Waals surface area contributed by atoms with Crippen LogP contribution in [0.1, 0.15) is 12.8 Å². The SMILES string of the molecule is O=C(CNc1cc(=O)[nH]cn1)N1CCCC1.